The molecular formula is C23H27N5O. The van der Waals surface area contributed by atoms with Crippen LogP contribution in [0.1, 0.15) is 30.0 Å². The second kappa shape index (κ2) is 9.47. The first-order valence-electron chi connectivity index (χ1n) is 10.3. The first kappa shape index (κ1) is 19.3. The summed E-state index contributed by atoms with van der Waals surface area (Å²) in [5.41, 5.74) is 2.60. The molecule has 1 amide bonds. The molecule has 0 saturated carbocycles. The van der Waals surface area contributed by atoms with Crippen molar-refractivity contribution in [1.82, 2.24) is 24.6 Å². The van der Waals surface area contributed by atoms with Crippen molar-refractivity contribution in [2.24, 2.45) is 0 Å². The van der Waals surface area contributed by atoms with Gasteiger partial charge in [-0.15, -0.1) is 0 Å². The monoisotopic (exact) mass is 389 g/mol. The van der Waals surface area contributed by atoms with Gasteiger partial charge in [0.15, 0.2) is 0 Å². The third-order valence-electron chi connectivity index (χ3n) is 5.51. The van der Waals surface area contributed by atoms with E-state index < -0.39 is 0 Å². The molecule has 29 heavy (non-hydrogen) atoms. The molecule has 6 nitrogen and oxygen atoms in total. The lowest BCUT2D eigenvalue weighted by Crippen LogP contribution is -2.49. The van der Waals surface area contributed by atoms with Crippen LogP contribution in [-0.2, 0) is 11.3 Å². The molecule has 3 aromatic rings. The summed E-state index contributed by atoms with van der Waals surface area (Å²) in [6.07, 6.45) is 4.56. The number of hydrogen-bond donors (Lipinski definition) is 0. The Hall–Kier alpha value is -2.99. The van der Waals surface area contributed by atoms with Crippen molar-refractivity contribution in [1.29, 1.82) is 0 Å². The lowest BCUT2D eigenvalue weighted by atomic mass is 9.96. The van der Waals surface area contributed by atoms with E-state index in [-0.39, 0.29) is 11.9 Å². The summed E-state index contributed by atoms with van der Waals surface area (Å²) >= 11 is 0. The molecule has 150 valence electrons. The summed E-state index contributed by atoms with van der Waals surface area (Å²) in [4.78, 5) is 21.0. The summed E-state index contributed by atoms with van der Waals surface area (Å²) in [6, 6.07) is 21.5. The molecule has 1 saturated heterocycles. The van der Waals surface area contributed by atoms with Crippen LogP contribution in [0.15, 0.2) is 73.3 Å². The SMILES string of the molecule is O=C(CCCn1cncn1)N1CCN(C(c2ccccc2)c2ccccc2)CC1. The third kappa shape index (κ3) is 4.90. The molecule has 0 spiro atoms. The molecule has 0 atom stereocenters. The highest BCUT2D eigenvalue weighted by molar-refractivity contribution is 5.76. The highest BCUT2D eigenvalue weighted by Crippen LogP contribution is 2.29. The number of nitrogens with zero attached hydrogens (tertiary/aromatic N) is 5. The Morgan fingerprint density at radius 2 is 1.52 bits per heavy atom. The van der Waals surface area contributed by atoms with Gasteiger partial charge in [-0.05, 0) is 17.5 Å². The second-order valence-corrected chi connectivity index (χ2v) is 7.40. The fraction of sp³-hybridized carbons (Fsp3) is 0.348. The molecule has 6 heteroatoms. The molecule has 1 fully saturated rings. The standard InChI is InChI=1S/C23H27N5O/c29-22(12-7-13-28-19-24-18-25-28)26-14-16-27(17-15-26)23(20-8-3-1-4-9-20)21-10-5-2-6-11-21/h1-6,8-11,18-19,23H,7,12-17H2. The molecule has 2 aromatic carbocycles. The van der Waals surface area contributed by atoms with E-state index >= 15 is 0 Å². The van der Waals surface area contributed by atoms with Gasteiger partial charge in [-0.3, -0.25) is 14.4 Å². The molecule has 0 unspecified atom stereocenters. The fourth-order valence-corrected chi connectivity index (χ4v) is 4.01. The van der Waals surface area contributed by atoms with E-state index in [1.807, 2.05) is 4.90 Å². The number of carbonyl (C=O) groups excluding carboxylic acids is 1. The number of amides is 1. The highest BCUT2D eigenvalue weighted by atomic mass is 16.2. The van der Waals surface area contributed by atoms with Gasteiger partial charge in [-0.25, -0.2) is 4.98 Å². The Morgan fingerprint density at radius 3 is 2.07 bits per heavy atom. The van der Waals surface area contributed by atoms with E-state index in [0.29, 0.717) is 6.42 Å². The molecule has 4 rings (SSSR count). The number of rotatable bonds is 7. The molecule has 1 aromatic heterocycles. The third-order valence-corrected chi connectivity index (χ3v) is 5.51. The molecule has 0 radical (unpaired) electrons. The lowest BCUT2D eigenvalue weighted by molar-refractivity contribution is -0.133. The fourth-order valence-electron chi connectivity index (χ4n) is 4.01. The largest absolute Gasteiger partial charge is 0.340 e. The van der Waals surface area contributed by atoms with Crippen molar-refractivity contribution in [3.63, 3.8) is 0 Å². The Bertz CT molecular complexity index is 835. The first-order valence-corrected chi connectivity index (χ1v) is 10.3. The van der Waals surface area contributed by atoms with Crippen molar-refractivity contribution >= 4 is 5.91 Å². The Labute approximate surface area is 171 Å². The molecule has 2 heterocycles. The van der Waals surface area contributed by atoms with Crippen LogP contribution in [0, 0.1) is 0 Å². The summed E-state index contributed by atoms with van der Waals surface area (Å²) in [5.74, 6) is 0.237. The van der Waals surface area contributed by atoms with E-state index in [9.17, 15) is 4.79 Å². The van der Waals surface area contributed by atoms with Gasteiger partial charge >= 0.3 is 0 Å². The van der Waals surface area contributed by atoms with Gasteiger partial charge in [0.2, 0.25) is 5.91 Å². The van der Waals surface area contributed by atoms with Crippen molar-refractivity contribution in [2.75, 3.05) is 26.2 Å². The van der Waals surface area contributed by atoms with E-state index in [2.05, 4.69) is 75.6 Å². The summed E-state index contributed by atoms with van der Waals surface area (Å²) in [5, 5.41) is 4.09. The number of carbonyl (C=O) groups is 1. The maximum atomic E-state index is 12.6. The molecular weight excluding hydrogens is 362 g/mol. The summed E-state index contributed by atoms with van der Waals surface area (Å²) in [7, 11) is 0. The van der Waals surface area contributed by atoms with Crippen LogP contribution < -0.4 is 0 Å². The predicted octanol–water partition coefficient (Wildman–Crippen LogP) is 2.99. The van der Waals surface area contributed by atoms with Gasteiger partial charge in [0, 0.05) is 39.1 Å². The van der Waals surface area contributed by atoms with E-state index in [4.69, 9.17) is 0 Å². The number of benzene rings is 2. The number of aromatic nitrogens is 3. The first-order chi connectivity index (χ1) is 14.3. The normalized spacial score (nSPS) is 15.0. The Kier molecular flexibility index (Phi) is 6.32. The minimum atomic E-state index is 0.224. The maximum absolute atomic E-state index is 12.6. The second-order valence-electron chi connectivity index (χ2n) is 7.40. The zero-order chi connectivity index (χ0) is 19.9. The molecule has 0 aliphatic carbocycles. The minimum absolute atomic E-state index is 0.224. The lowest BCUT2D eigenvalue weighted by Gasteiger charge is -2.40. The Balaban J connectivity index is 1.36. The van der Waals surface area contributed by atoms with Crippen LogP contribution in [0.5, 0.6) is 0 Å². The van der Waals surface area contributed by atoms with Crippen LogP contribution in [0.3, 0.4) is 0 Å². The van der Waals surface area contributed by atoms with Gasteiger partial charge in [0.1, 0.15) is 12.7 Å². The van der Waals surface area contributed by atoms with Crippen molar-refractivity contribution in [3.8, 4) is 0 Å². The van der Waals surface area contributed by atoms with Gasteiger partial charge < -0.3 is 4.90 Å². The van der Waals surface area contributed by atoms with Gasteiger partial charge in [0.05, 0.1) is 6.04 Å². The maximum Gasteiger partial charge on any atom is 0.222 e. The highest BCUT2D eigenvalue weighted by Gasteiger charge is 2.27. The zero-order valence-electron chi connectivity index (χ0n) is 16.6. The zero-order valence-corrected chi connectivity index (χ0v) is 16.6. The smallest absolute Gasteiger partial charge is 0.222 e. The number of piperazine rings is 1. The van der Waals surface area contributed by atoms with E-state index in [1.54, 1.807) is 11.0 Å². The number of aryl methyl sites for hydroxylation is 1. The van der Waals surface area contributed by atoms with Crippen LogP contribution >= 0.6 is 0 Å². The summed E-state index contributed by atoms with van der Waals surface area (Å²) in [6.45, 7) is 4.04. The summed E-state index contributed by atoms with van der Waals surface area (Å²) < 4.78 is 1.77. The van der Waals surface area contributed by atoms with E-state index in [1.165, 1.54) is 17.5 Å². The average molecular weight is 390 g/mol. The molecule has 1 aliphatic heterocycles. The number of hydrogen-bond acceptors (Lipinski definition) is 4. The minimum Gasteiger partial charge on any atom is -0.340 e. The predicted molar refractivity (Wildman–Crippen MR) is 112 cm³/mol. The average Bonchev–Trinajstić information content (AvgIpc) is 3.29. The van der Waals surface area contributed by atoms with Crippen LogP contribution in [0.2, 0.25) is 0 Å². The van der Waals surface area contributed by atoms with Gasteiger partial charge in [-0.2, -0.15) is 5.10 Å². The van der Waals surface area contributed by atoms with Crippen molar-refractivity contribution in [3.05, 3.63) is 84.4 Å². The topological polar surface area (TPSA) is 54.3 Å². The molecule has 0 bridgehead atoms. The molecule has 1 aliphatic rings. The molecule has 0 N–H and O–H groups in total. The van der Waals surface area contributed by atoms with Crippen LogP contribution in [0.25, 0.3) is 0 Å². The van der Waals surface area contributed by atoms with E-state index in [0.717, 1.165) is 39.1 Å². The quantitative estimate of drug-likeness (QED) is 0.623. The van der Waals surface area contributed by atoms with Gasteiger partial charge in [0.25, 0.3) is 0 Å². The van der Waals surface area contributed by atoms with Gasteiger partial charge in [-0.1, -0.05) is 60.7 Å². The van der Waals surface area contributed by atoms with Crippen molar-refractivity contribution in [2.45, 2.75) is 25.4 Å². The van der Waals surface area contributed by atoms with Crippen LogP contribution in [-0.4, -0.2) is 56.7 Å². The van der Waals surface area contributed by atoms with Crippen molar-refractivity contribution < 1.29 is 4.79 Å². The van der Waals surface area contributed by atoms with Crippen LogP contribution in [0.4, 0.5) is 0 Å². The Morgan fingerprint density at radius 1 is 0.897 bits per heavy atom.